The van der Waals surface area contributed by atoms with Gasteiger partial charge in [0.15, 0.2) is 6.61 Å². The molecule has 3 N–H and O–H groups in total. The Morgan fingerprint density at radius 3 is 2.85 bits per heavy atom. The molecule has 2 rings (SSSR count). The Hall–Kier alpha value is -2.33. The molecule has 0 unspecified atom stereocenters. The Morgan fingerprint density at radius 1 is 1.30 bits per heavy atom. The van der Waals surface area contributed by atoms with Gasteiger partial charge in [-0.15, -0.1) is 6.58 Å². The fourth-order valence-corrected chi connectivity index (χ4v) is 2.04. The minimum absolute atomic E-state index is 0.0286. The van der Waals surface area contributed by atoms with E-state index in [-0.39, 0.29) is 12.5 Å². The van der Waals surface area contributed by atoms with E-state index in [1.165, 1.54) is 0 Å². The Balaban J connectivity index is 2.17. The lowest BCUT2D eigenvalue weighted by molar-refractivity contribution is -0.122. The van der Waals surface area contributed by atoms with E-state index in [1.807, 2.05) is 36.4 Å². The SMILES string of the molecule is C=CCNC(=O)COc1ccc2ccccc2c1CN. The van der Waals surface area contributed by atoms with Gasteiger partial charge in [-0.25, -0.2) is 0 Å². The fourth-order valence-electron chi connectivity index (χ4n) is 2.04. The van der Waals surface area contributed by atoms with Gasteiger partial charge in [0.25, 0.3) is 5.91 Å². The van der Waals surface area contributed by atoms with Crippen LogP contribution in [0.5, 0.6) is 5.75 Å². The topological polar surface area (TPSA) is 64.3 Å². The Bertz CT molecular complexity index is 623. The normalized spacial score (nSPS) is 10.2. The zero-order valence-electron chi connectivity index (χ0n) is 11.3. The van der Waals surface area contributed by atoms with E-state index in [0.717, 1.165) is 16.3 Å². The minimum Gasteiger partial charge on any atom is -0.483 e. The molecule has 1 amide bonds. The van der Waals surface area contributed by atoms with Gasteiger partial charge in [0.05, 0.1) is 0 Å². The minimum atomic E-state index is -0.180. The summed E-state index contributed by atoms with van der Waals surface area (Å²) in [4.78, 5) is 11.5. The summed E-state index contributed by atoms with van der Waals surface area (Å²) in [6, 6.07) is 11.8. The van der Waals surface area contributed by atoms with Crippen LogP contribution >= 0.6 is 0 Å². The molecule has 0 spiro atoms. The van der Waals surface area contributed by atoms with Crippen molar-refractivity contribution in [2.75, 3.05) is 13.2 Å². The molecule has 0 fully saturated rings. The van der Waals surface area contributed by atoms with Crippen molar-refractivity contribution in [3.63, 3.8) is 0 Å². The van der Waals surface area contributed by atoms with Gasteiger partial charge in [0, 0.05) is 18.7 Å². The second-order valence-corrected chi connectivity index (χ2v) is 4.35. The van der Waals surface area contributed by atoms with Crippen LogP contribution in [0.25, 0.3) is 10.8 Å². The number of nitrogens with one attached hydrogen (secondary N) is 1. The van der Waals surface area contributed by atoms with Crippen molar-refractivity contribution in [2.45, 2.75) is 6.54 Å². The van der Waals surface area contributed by atoms with E-state index in [9.17, 15) is 4.79 Å². The van der Waals surface area contributed by atoms with E-state index >= 15 is 0 Å². The van der Waals surface area contributed by atoms with E-state index < -0.39 is 0 Å². The van der Waals surface area contributed by atoms with Crippen LogP contribution in [0.4, 0.5) is 0 Å². The Labute approximate surface area is 118 Å². The second kappa shape index (κ2) is 6.73. The molecule has 0 heterocycles. The lowest BCUT2D eigenvalue weighted by Gasteiger charge is -2.12. The third-order valence-corrected chi connectivity index (χ3v) is 3.00. The summed E-state index contributed by atoms with van der Waals surface area (Å²) >= 11 is 0. The van der Waals surface area contributed by atoms with Crippen LogP contribution in [0.15, 0.2) is 49.1 Å². The number of benzene rings is 2. The maximum absolute atomic E-state index is 11.5. The van der Waals surface area contributed by atoms with E-state index in [1.54, 1.807) is 6.08 Å². The summed E-state index contributed by atoms with van der Waals surface area (Å²) in [6.07, 6.45) is 1.62. The van der Waals surface area contributed by atoms with Gasteiger partial charge in [-0.05, 0) is 16.8 Å². The predicted octanol–water partition coefficient (Wildman–Crippen LogP) is 1.98. The number of fused-ring (bicyclic) bond motifs is 1. The molecular formula is C16H18N2O2. The summed E-state index contributed by atoms with van der Waals surface area (Å²) < 4.78 is 5.57. The van der Waals surface area contributed by atoms with Crippen molar-refractivity contribution in [3.8, 4) is 5.75 Å². The van der Waals surface area contributed by atoms with E-state index in [0.29, 0.717) is 18.8 Å². The third-order valence-electron chi connectivity index (χ3n) is 3.00. The number of carbonyl (C=O) groups excluding carboxylic acids is 1. The lowest BCUT2D eigenvalue weighted by Crippen LogP contribution is -2.29. The van der Waals surface area contributed by atoms with Crippen molar-refractivity contribution in [3.05, 3.63) is 54.6 Å². The van der Waals surface area contributed by atoms with Crippen LogP contribution in [-0.4, -0.2) is 19.1 Å². The zero-order valence-corrected chi connectivity index (χ0v) is 11.3. The van der Waals surface area contributed by atoms with Gasteiger partial charge in [0.1, 0.15) is 5.75 Å². The number of rotatable bonds is 6. The van der Waals surface area contributed by atoms with Crippen molar-refractivity contribution in [2.24, 2.45) is 5.73 Å². The molecule has 0 aromatic heterocycles. The highest BCUT2D eigenvalue weighted by atomic mass is 16.5. The Morgan fingerprint density at radius 2 is 2.10 bits per heavy atom. The Kier molecular flexibility index (Phi) is 4.74. The largest absolute Gasteiger partial charge is 0.483 e. The van der Waals surface area contributed by atoms with Gasteiger partial charge < -0.3 is 15.8 Å². The van der Waals surface area contributed by atoms with Crippen molar-refractivity contribution in [1.82, 2.24) is 5.32 Å². The molecule has 2 aromatic rings. The first kappa shape index (κ1) is 14.1. The predicted molar refractivity (Wildman–Crippen MR) is 80.5 cm³/mol. The van der Waals surface area contributed by atoms with E-state index in [4.69, 9.17) is 10.5 Å². The van der Waals surface area contributed by atoms with Crippen molar-refractivity contribution < 1.29 is 9.53 Å². The molecule has 0 atom stereocenters. The average molecular weight is 270 g/mol. The van der Waals surface area contributed by atoms with Gasteiger partial charge in [0.2, 0.25) is 0 Å². The molecule has 0 saturated carbocycles. The van der Waals surface area contributed by atoms with Crippen LogP contribution in [-0.2, 0) is 11.3 Å². The van der Waals surface area contributed by atoms with Gasteiger partial charge in [-0.2, -0.15) is 0 Å². The highest BCUT2D eigenvalue weighted by Gasteiger charge is 2.09. The molecule has 0 saturated heterocycles. The molecule has 0 aliphatic carbocycles. The molecule has 20 heavy (non-hydrogen) atoms. The number of carbonyl (C=O) groups is 1. The quantitative estimate of drug-likeness (QED) is 0.789. The molecule has 4 nitrogen and oxygen atoms in total. The fraction of sp³-hybridized carbons (Fsp3) is 0.188. The second-order valence-electron chi connectivity index (χ2n) is 4.35. The standard InChI is InChI=1S/C16H18N2O2/c1-2-9-18-16(19)11-20-15-8-7-12-5-3-4-6-13(12)14(15)10-17/h2-8H,1,9-11,17H2,(H,18,19). The molecule has 2 aromatic carbocycles. The first-order valence-corrected chi connectivity index (χ1v) is 6.47. The summed E-state index contributed by atoms with van der Waals surface area (Å²) in [5, 5.41) is 4.83. The maximum Gasteiger partial charge on any atom is 0.258 e. The molecule has 104 valence electrons. The first-order valence-electron chi connectivity index (χ1n) is 6.47. The van der Waals surface area contributed by atoms with Crippen LogP contribution in [0.3, 0.4) is 0 Å². The molecule has 4 heteroatoms. The maximum atomic E-state index is 11.5. The van der Waals surface area contributed by atoms with Crippen LogP contribution in [0.2, 0.25) is 0 Å². The van der Waals surface area contributed by atoms with Gasteiger partial charge in [-0.1, -0.05) is 36.4 Å². The molecule has 0 bridgehead atoms. The van der Waals surface area contributed by atoms with Crippen LogP contribution in [0.1, 0.15) is 5.56 Å². The molecular weight excluding hydrogens is 252 g/mol. The molecule has 0 aliphatic rings. The number of amides is 1. The summed E-state index contributed by atoms with van der Waals surface area (Å²) in [7, 11) is 0. The molecule has 0 radical (unpaired) electrons. The third kappa shape index (κ3) is 3.16. The van der Waals surface area contributed by atoms with Crippen molar-refractivity contribution >= 4 is 16.7 Å². The number of ether oxygens (including phenoxy) is 1. The number of nitrogens with two attached hydrogens (primary N) is 1. The number of hydrogen-bond acceptors (Lipinski definition) is 3. The summed E-state index contributed by atoms with van der Waals surface area (Å²) in [6.45, 7) is 4.31. The van der Waals surface area contributed by atoms with Crippen LogP contribution in [0, 0.1) is 0 Å². The average Bonchev–Trinajstić information content (AvgIpc) is 2.50. The first-order chi connectivity index (χ1) is 9.76. The van der Waals surface area contributed by atoms with Gasteiger partial charge >= 0.3 is 0 Å². The zero-order chi connectivity index (χ0) is 14.4. The van der Waals surface area contributed by atoms with Gasteiger partial charge in [-0.3, -0.25) is 4.79 Å². The van der Waals surface area contributed by atoms with E-state index in [2.05, 4.69) is 11.9 Å². The summed E-state index contributed by atoms with van der Waals surface area (Å²) in [5.41, 5.74) is 6.73. The lowest BCUT2D eigenvalue weighted by atomic mass is 10.0. The molecule has 0 aliphatic heterocycles. The number of hydrogen-bond donors (Lipinski definition) is 2. The smallest absolute Gasteiger partial charge is 0.258 e. The highest BCUT2D eigenvalue weighted by Crippen LogP contribution is 2.27. The monoisotopic (exact) mass is 270 g/mol. The highest BCUT2D eigenvalue weighted by molar-refractivity contribution is 5.88. The van der Waals surface area contributed by atoms with Crippen LogP contribution < -0.4 is 15.8 Å². The van der Waals surface area contributed by atoms with Crippen molar-refractivity contribution in [1.29, 1.82) is 0 Å². The summed E-state index contributed by atoms with van der Waals surface area (Å²) in [5.74, 6) is 0.473.